The number of nitrogens with two attached hydrogens (primary N) is 1. The fraction of sp³-hybridized carbons (Fsp3) is 0.308. The Morgan fingerprint density at radius 1 is 1.43 bits per heavy atom. The van der Waals surface area contributed by atoms with E-state index in [2.05, 4.69) is 4.98 Å². The molecular weight excluding hydrogens is 292 g/mol. The molecule has 0 aliphatic carbocycles. The van der Waals surface area contributed by atoms with Crippen LogP contribution in [0.25, 0.3) is 0 Å². The molecule has 0 fully saturated rings. The number of hydrogen-bond acceptors (Lipinski definition) is 5. The van der Waals surface area contributed by atoms with E-state index in [1.165, 1.54) is 30.6 Å². The lowest BCUT2D eigenvalue weighted by Gasteiger charge is -2.18. The highest BCUT2D eigenvalue weighted by Crippen LogP contribution is 2.26. The Bertz CT molecular complexity index is 740. The Hall–Kier alpha value is -2.06. The van der Waals surface area contributed by atoms with Crippen molar-refractivity contribution in [2.24, 2.45) is 7.05 Å². The van der Waals surface area contributed by atoms with Crippen LogP contribution in [0.4, 0.5) is 5.69 Å². The van der Waals surface area contributed by atoms with E-state index in [0.29, 0.717) is 11.6 Å². The molecule has 0 spiro atoms. The molecule has 0 atom stereocenters. The fourth-order valence-corrected chi connectivity index (χ4v) is 3.11. The standard InChI is InChI=1S/C13H18N4O3S/c1-16-7-6-15-13(16)9-17(2)21(18,19)12-5-4-10(20-3)8-11(12)14/h4-8H,9,14H2,1-3H3. The topological polar surface area (TPSA) is 90.5 Å². The number of sulfonamides is 1. The van der Waals surface area contributed by atoms with Gasteiger partial charge in [-0.3, -0.25) is 0 Å². The summed E-state index contributed by atoms with van der Waals surface area (Å²) in [4.78, 5) is 4.17. The maximum Gasteiger partial charge on any atom is 0.245 e. The maximum atomic E-state index is 12.6. The Balaban J connectivity index is 2.31. The molecule has 8 heteroatoms. The zero-order valence-electron chi connectivity index (χ0n) is 12.1. The minimum atomic E-state index is -3.69. The van der Waals surface area contributed by atoms with Crippen LogP contribution in [0.2, 0.25) is 0 Å². The van der Waals surface area contributed by atoms with Crippen molar-refractivity contribution in [3.8, 4) is 5.75 Å². The van der Waals surface area contributed by atoms with E-state index in [4.69, 9.17) is 10.5 Å². The molecule has 7 nitrogen and oxygen atoms in total. The fourth-order valence-electron chi connectivity index (χ4n) is 1.89. The molecule has 0 aliphatic heterocycles. The first-order valence-corrected chi connectivity index (χ1v) is 7.66. The molecule has 0 saturated carbocycles. The number of anilines is 1. The third kappa shape index (κ3) is 3.01. The molecule has 1 aromatic heterocycles. The predicted molar refractivity (Wildman–Crippen MR) is 79.3 cm³/mol. The first-order chi connectivity index (χ1) is 9.86. The van der Waals surface area contributed by atoms with E-state index in [9.17, 15) is 8.42 Å². The van der Waals surface area contributed by atoms with Crippen LogP contribution in [-0.4, -0.2) is 36.4 Å². The van der Waals surface area contributed by atoms with Crippen molar-refractivity contribution in [2.75, 3.05) is 19.9 Å². The lowest BCUT2D eigenvalue weighted by molar-refractivity contribution is 0.414. The summed E-state index contributed by atoms with van der Waals surface area (Å²) in [6.07, 6.45) is 3.38. The normalized spacial score (nSPS) is 11.8. The van der Waals surface area contributed by atoms with Gasteiger partial charge in [0.25, 0.3) is 0 Å². The summed E-state index contributed by atoms with van der Waals surface area (Å²) in [6, 6.07) is 4.50. The average molecular weight is 310 g/mol. The summed E-state index contributed by atoms with van der Waals surface area (Å²) in [5.41, 5.74) is 5.97. The summed E-state index contributed by atoms with van der Waals surface area (Å²) in [5.74, 6) is 1.16. The second-order valence-electron chi connectivity index (χ2n) is 4.62. The van der Waals surface area contributed by atoms with Gasteiger partial charge in [-0.05, 0) is 12.1 Å². The molecule has 114 valence electrons. The number of methoxy groups -OCH3 is 1. The Morgan fingerprint density at radius 3 is 2.67 bits per heavy atom. The molecule has 21 heavy (non-hydrogen) atoms. The Kier molecular flexibility index (Phi) is 4.19. The largest absolute Gasteiger partial charge is 0.497 e. The van der Waals surface area contributed by atoms with E-state index in [1.54, 1.807) is 23.0 Å². The summed E-state index contributed by atoms with van der Waals surface area (Å²) < 4.78 is 33.1. The monoisotopic (exact) mass is 310 g/mol. The van der Waals surface area contributed by atoms with Gasteiger partial charge in [-0.15, -0.1) is 0 Å². The van der Waals surface area contributed by atoms with E-state index < -0.39 is 10.0 Å². The van der Waals surface area contributed by atoms with Gasteiger partial charge in [0.1, 0.15) is 16.5 Å². The number of aryl methyl sites for hydroxylation is 1. The molecule has 1 aromatic carbocycles. The van der Waals surface area contributed by atoms with Gasteiger partial charge in [-0.25, -0.2) is 13.4 Å². The molecule has 0 saturated heterocycles. The molecule has 0 amide bonds. The van der Waals surface area contributed by atoms with Gasteiger partial charge in [-0.2, -0.15) is 4.31 Å². The molecule has 2 N–H and O–H groups in total. The zero-order chi connectivity index (χ0) is 15.6. The predicted octanol–water partition coefficient (Wildman–Crippen LogP) is 0.832. The van der Waals surface area contributed by atoms with Crippen LogP contribution in [0.5, 0.6) is 5.75 Å². The van der Waals surface area contributed by atoms with Crippen LogP contribution >= 0.6 is 0 Å². The lowest BCUT2D eigenvalue weighted by atomic mass is 10.3. The van der Waals surface area contributed by atoms with Crippen molar-refractivity contribution < 1.29 is 13.2 Å². The number of benzene rings is 1. The Labute approximate surface area is 124 Å². The summed E-state index contributed by atoms with van der Waals surface area (Å²) >= 11 is 0. The third-order valence-corrected chi connectivity index (χ3v) is 5.07. The number of hydrogen-bond donors (Lipinski definition) is 1. The highest BCUT2D eigenvalue weighted by atomic mass is 32.2. The maximum absolute atomic E-state index is 12.6. The molecule has 0 aliphatic rings. The van der Waals surface area contributed by atoms with Crippen LogP contribution in [0.1, 0.15) is 5.82 Å². The lowest BCUT2D eigenvalue weighted by Crippen LogP contribution is -2.28. The third-order valence-electron chi connectivity index (χ3n) is 3.19. The van der Waals surface area contributed by atoms with Crippen LogP contribution in [0, 0.1) is 0 Å². The average Bonchev–Trinajstić information content (AvgIpc) is 2.83. The van der Waals surface area contributed by atoms with Crippen LogP contribution in [0.3, 0.4) is 0 Å². The van der Waals surface area contributed by atoms with E-state index in [0.717, 1.165) is 0 Å². The van der Waals surface area contributed by atoms with Crippen molar-refractivity contribution in [1.29, 1.82) is 0 Å². The van der Waals surface area contributed by atoms with Gasteiger partial charge < -0.3 is 15.0 Å². The van der Waals surface area contributed by atoms with E-state index in [1.807, 2.05) is 7.05 Å². The first-order valence-electron chi connectivity index (χ1n) is 6.22. The number of nitrogens with zero attached hydrogens (tertiary/aromatic N) is 3. The SMILES string of the molecule is COc1ccc(S(=O)(=O)N(C)Cc2nccn2C)c(N)c1. The van der Waals surface area contributed by atoms with Crippen molar-refractivity contribution in [2.45, 2.75) is 11.4 Å². The van der Waals surface area contributed by atoms with Gasteiger partial charge in [-0.1, -0.05) is 0 Å². The number of aromatic nitrogens is 2. The van der Waals surface area contributed by atoms with Crippen LogP contribution < -0.4 is 10.5 Å². The number of nitrogen functional groups attached to an aromatic ring is 1. The number of imidazole rings is 1. The summed E-state index contributed by atoms with van der Waals surface area (Å²) in [7, 11) is 1.11. The molecule has 2 rings (SSSR count). The zero-order valence-corrected chi connectivity index (χ0v) is 13.0. The highest BCUT2D eigenvalue weighted by Gasteiger charge is 2.24. The van der Waals surface area contributed by atoms with E-state index in [-0.39, 0.29) is 17.1 Å². The highest BCUT2D eigenvalue weighted by molar-refractivity contribution is 7.89. The minimum Gasteiger partial charge on any atom is -0.497 e. The van der Waals surface area contributed by atoms with E-state index >= 15 is 0 Å². The van der Waals surface area contributed by atoms with Gasteiger partial charge in [0.2, 0.25) is 10.0 Å². The number of ether oxygens (including phenoxy) is 1. The van der Waals surface area contributed by atoms with Crippen molar-refractivity contribution >= 4 is 15.7 Å². The van der Waals surface area contributed by atoms with Crippen LogP contribution in [-0.2, 0) is 23.6 Å². The van der Waals surface area contributed by atoms with Crippen molar-refractivity contribution in [3.05, 3.63) is 36.4 Å². The van der Waals surface area contributed by atoms with Gasteiger partial charge in [0, 0.05) is 32.6 Å². The van der Waals surface area contributed by atoms with Gasteiger partial charge in [0.15, 0.2) is 0 Å². The molecular formula is C13H18N4O3S. The summed E-state index contributed by atoms with van der Waals surface area (Å²) in [6.45, 7) is 0.164. The molecule has 1 heterocycles. The minimum absolute atomic E-state index is 0.0556. The molecule has 0 bridgehead atoms. The van der Waals surface area contributed by atoms with Gasteiger partial charge >= 0.3 is 0 Å². The second-order valence-corrected chi connectivity index (χ2v) is 6.63. The van der Waals surface area contributed by atoms with Crippen LogP contribution in [0.15, 0.2) is 35.5 Å². The van der Waals surface area contributed by atoms with Crippen molar-refractivity contribution in [1.82, 2.24) is 13.9 Å². The second kappa shape index (κ2) is 5.74. The molecule has 0 unspecified atom stereocenters. The quantitative estimate of drug-likeness (QED) is 0.826. The Morgan fingerprint density at radius 2 is 2.14 bits per heavy atom. The first kappa shape index (κ1) is 15.3. The van der Waals surface area contributed by atoms with Crippen molar-refractivity contribution in [3.63, 3.8) is 0 Å². The summed E-state index contributed by atoms with van der Waals surface area (Å²) in [5, 5.41) is 0. The smallest absolute Gasteiger partial charge is 0.245 e. The molecule has 2 aromatic rings. The number of rotatable bonds is 5. The molecule has 0 radical (unpaired) electrons. The van der Waals surface area contributed by atoms with Gasteiger partial charge in [0.05, 0.1) is 19.3 Å².